The number of ketones is 1. The standard InChI is InChI=1S/C22H30N4O4/c1-14(13-28-2)25-22-24-12-19-20(26-22)18(15-3-5-16(27)6-4-15)11-23-21(19)30-17-7-9-29-10-8-17/h11-12,14-15,17H,3-10,13H2,1-2H3,(H,24,25,26)/t14-/m0/s1. The van der Waals surface area contributed by atoms with Gasteiger partial charge in [0.05, 0.1) is 30.7 Å². The smallest absolute Gasteiger partial charge is 0.224 e. The van der Waals surface area contributed by atoms with Crippen LogP contribution in [0.1, 0.15) is 56.9 Å². The number of pyridine rings is 1. The van der Waals surface area contributed by atoms with E-state index in [2.05, 4.69) is 15.3 Å². The van der Waals surface area contributed by atoms with Crippen molar-refractivity contribution >= 4 is 22.6 Å². The average Bonchev–Trinajstić information content (AvgIpc) is 2.75. The van der Waals surface area contributed by atoms with Gasteiger partial charge >= 0.3 is 0 Å². The molecule has 2 aromatic heterocycles. The molecular formula is C22H30N4O4. The Bertz CT molecular complexity index is 875. The molecule has 1 N–H and O–H groups in total. The molecule has 8 heteroatoms. The maximum Gasteiger partial charge on any atom is 0.224 e. The summed E-state index contributed by atoms with van der Waals surface area (Å²) in [6, 6.07) is 0.0861. The highest BCUT2D eigenvalue weighted by molar-refractivity contribution is 5.87. The summed E-state index contributed by atoms with van der Waals surface area (Å²) in [5.74, 6) is 1.75. The second-order valence-corrected chi connectivity index (χ2v) is 8.22. The molecule has 0 bridgehead atoms. The lowest BCUT2D eigenvalue weighted by Crippen LogP contribution is -2.26. The molecule has 0 aromatic carbocycles. The Morgan fingerprint density at radius 2 is 1.93 bits per heavy atom. The molecule has 0 unspecified atom stereocenters. The molecule has 162 valence electrons. The van der Waals surface area contributed by atoms with Gasteiger partial charge in [-0.3, -0.25) is 4.79 Å². The number of aromatic nitrogens is 3. The van der Waals surface area contributed by atoms with Crippen molar-refractivity contribution in [2.24, 2.45) is 0 Å². The Labute approximate surface area is 176 Å². The van der Waals surface area contributed by atoms with Crippen LogP contribution < -0.4 is 10.1 Å². The normalized spacial score (nSPS) is 19.7. The van der Waals surface area contributed by atoms with E-state index >= 15 is 0 Å². The summed E-state index contributed by atoms with van der Waals surface area (Å²) in [4.78, 5) is 25.7. The topological polar surface area (TPSA) is 95.5 Å². The maximum atomic E-state index is 11.7. The van der Waals surface area contributed by atoms with Crippen molar-refractivity contribution in [2.45, 2.75) is 63.5 Å². The van der Waals surface area contributed by atoms with Crippen LogP contribution in [-0.2, 0) is 14.3 Å². The van der Waals surface area contributed by atoms with Crippen molar-refractivity contribution in [1.29, 1.82) is 0 Å². The third-order valence-corrected chi connectivity index (χ3v) is 5.84. The third kappa shape index (κ3) is 4.87. The van der Waals surface area contributed by atoms with Crippen LogP contribution in [-0.4, -0.2) is 59.8 Å². The first kappa shape index (κ1) is 20.9. The SMILES string of the molecule is COC[C@H](C)Nc1ncc2c(OC3CCOCC3)ncc(C3CCC(=O)CC3)c2n1. The number of ether oxygens (including phenoxy) is 3. The van der Waals surface area contributed by atoms with Gasteiger partial charge in [0.2, 0.25) is 11.8 Å². The first-order valence-corrected chi connectivity index (χ1v) is 10.8. The number of carbonyl (C=O) groups excluding carboxylic acids is 1. The predicted octanol–water partition coefficient (Wildman–Crippen LogP) is 3.26. The molecule has 2 aromatic rings. The molecule has 0 amide bonds. The van der Waals surface area contributed by atoms with E-state index < -0.39 is 0 Å². The van der Waals surface area contributed by atoms with Crippen LogP contribution in [0.5, 0.6) is 5.88 Å². The lowest BCUT2D eigenvalue weighted by molar-refractivity contribution is -0.120. The van der Waals surface area contributed by atoms with Gasteiger partial charge in [-0.05, 0) is 25.7 Å². The number of rotatable bonds is 7. The van der Waals surface area contributed by atoms with Crippen molar-refractivity contribution in [3.8, 4) is 5.88 Å². The summed E-state index contributed by atoms with van der Waals surface area (Å²) in [7, 11) is 1.67. The lowest BCUT2D eigenvalue weighted by Gasteiger charge is -2.25. The summed E-state index contributed by atoms with van der Waals surface area (Å²) in [5, 5.41) is 4.11. The van der Waals surface area contributed by atoms with Crippen LogP contribution in [0.2, 0.25) is 0 Å². The van der Waals surface area contributed by atoms with E-state index in [0.717, 1.165) is 42.1 Å². The first-order valence-electron chi connectivity index (χ1n) is 10.8. The van der Waals surface area contributed by atoms with E-state index in [0.29, 0.717) is 50.3 Å². The Balaban J connectivity index is 1.67. The zero-order valence-corrected chi connectivity index (χ0v) is 17.7. The van der Waals surface area contributed by atoms with E-state index in [4.69, 9.17) is 19.2 Å². The fourth-order valence-electron chi connectivity index (χ4n) is 4.19. The largest absolute Gasteiger partial charge is 0.474 e. The van der Waals surface area contributed by atoms with E-state index in [1.54, 1.807) is 13.3 Å². The van der Waals surface area contributed by atoms with E-state index in [1.165, 1.54) is 0 Å². The molecule has 1 atom stereocenters. The van der Waals surface area contributed by atoms with Crippen LogP contribution in [0, 0.1) is 0 Å². The number of carbonyl (C=O) groups is 1. The molecular weight excluding hydrogens is 384 g/mol. The van der Waals surface area contributed by atoms with Crippen molar-refractivity contribution in [3.63, 3.8) is 0 Å². The van der Waals surface area contributed by atoms with Gasteiger partial charge in [0.15, 0.2) is 0 Å². The summed E-state index contributed by atoms with van der Waals surface area (Å²) in [5.41, 5.74) is 1.93. The minimum absolute atomic E-state index is 0.0861. The third-order valence-electron chi connectivity index (χ3n) is 5.84. The van der Waals surface area contributed by atoms with Gasteiger partial charge in [0.1, 0.15) is 11.9 Å². The number of Topliss-reactive ketones (excluding diaryl/α,β-unsaturated/α-hetero) is 1. The quantitative estimate of drug-likeness (QED) is 0.738. The molecule has 1 aliphatic heterocycles. The number of hydrogen-bond acceptors (Lipinski definition) is 8. The highest BCUT2D eigenvalue weighted by Crippen LogP contribution is 2.37. The van der Waals surface area contributed by atoms with Gasteiger partial charge in [-0.25, -0.2) is 15.0 Å². The zero-order valence-electron chi connectivity index (χ0n) is 17.7. The highest BCUT2D eigenvalue weighted by Gasteiger charge is 2.25. The van der Waals surface area contributed by atoms with Crippen LogP contribution in [0.4, 0.5) is 5.95 Å². The molecule has 4 rings (SSSR count). The Hall–Kier alpha value is -2.32. The molecule has 30 heavy (non-hydrogen) atoms. The van der Waals surface area contributed by atoms with Crippen molar-refractivity contribution in [2.75, 3.05) is 32.2 Å². The molecule has 2 aliphatic rings. The Morgan fingerprint density at radius 3 is 2.67 bits per heavy atom. The number of anilines is 1. The fourth-order valence-corrected chi connectivity index (χ4v) is 4.19. The van der Waals surface area contributed by atoms with Gasteiger partial charge in [0.25, 0.3) is 0 Å². The Morgan fingerprint density at radius 1 is 1.17 bits per heavy atom. The number of methoxy groups -OCH3 is 1. The maximum absolute atomic E-state index is 11.7. The number of hydrogen-bond donors (Lipinski definition) is 1. The molecule has 8 nitrogen and oxygen atoms in total. The van der Waals surface area contributed by atoms with Gasteiger partial charge < -0.3 is 19.5 Å². The van der Waals surface area contributed by atoms with Crippen LogP contribution in [0.25, 0.3) is 10.9 Å². The monoisotopic (exact) mass is 414 g/mol. The van der Waals surface area contributed by atoms with Gasteiger partial charge in [-0.15, -0.1) is 0 Å². The first-order chi connectivity index (χ1) is 14.6. The number of fused-ring (bicyclic) bond motifs is 1. The summed E-state index contributed by atoms with van der Waals surface area (Å²) in [6.45, 7) is 4.00. The lowest BCUT2D eigenvalue weighted by atomic mass is 9.83. The fraction of sp³-hybridized carbons (Fsp3) is 0.636. The van der Waals surface area contributed by atoms with Crippen molar-refractivity contribution < 1.29 is 19.0 Å². The average molecular weight is 415 g/mol. The Kier molecular flexibility index (Phi) is 6.74. The summed E-state index contributed by atoms with van der Waals surface area (Å²) >= 11 is 0. The minimum Gasteiger partial charge on any atom is -0.474 e. The van der Waals surface area contributed by atoms with Gasteiger partial charge in [-0.2, -0.15) is 0 Å². The molecule has 2 fully saturated rings. The second kappa shape index (κ2) is 9.66. The highest BCUT2D eigenvalue weighted by atomic mass is 16.5. The van der Waals surface area contributed by atoms with E-state index in [9.17, 15) is 4.79 Å². The van der Waals surface area contributed by atoms with Crippen LogP contribution in [0.15, 0.2) is 12.4 Å². The van der Waals surface area contributed by atoms with E-state index in [-0.39, 0.29) is 18.1 Å². The zero-order chi connectivity index (χ0) is 20.9. The second-order valence-electron chi connectivity index (χ2n) is 8.22. The summed E-state index contributed by atoms with van der Waals surface area (Å²) in [6.07, 6.45) is 8.38. The van der Waals surface area contributed by atoms with Gasteiger partial charge in [0, 0.05) is 56.8 Å². The van der Waals surface area contributed by atoms with Crippen LogP contribution >= 0.6 is 0 Å². The molecule has 0 radical (unpaired) electrons. The molecule has 1 saturated heterocycles. The summed E-state index contributed by atoms with van der Waals surface area (Å²) < 4.78 is 16.9. The number of nitrogens with zero attached hydrogens (tertiary/aromatic N) is 3. The van der Waals surface area contributed by atoms with Gasteiger partial charge in [-0.1, -0.05) is 0 Å². The molecule has 3 heterocycles. The van der Waals surface area contributed by atoms with Crippen molar-refractivity contribution in [1.82, 2.24) is 15.0 Å². The van der Waals surface area contributed by atoms with Crippen molar-refractivity contribution in [3.05, 3.63) is 18.0 Å². The predicted molar refractivity (Wildman–Crippen MR) is 113 cm³/mol. The molecule has 1 aliphatic carbocycles. The molecule has 0 spiro atoms. The number of nitrogens with one attached hydrogen (secondary N) is 1. The molecule has 1 saturated carbocycles. The van der Waals surface area contributed by atoms with E-state index in [1.807, 2.05) is 13.1 Å². The minimum atomic E-state index is 0.0861. The van der Waals surface area contributed by atoms with Crippen LogP contribution in [0.3, 0.4) is 0 Å².